The number of hydrogen-bond acceptors (Lipinski definition) is 9. The number of carbonyl (C=O) groups is 4. The van der Waals surface area contributed by atoms with Crippen LogP contribution in [0.1, 0.15) is 55.2 Å². The molecule has 312 valence electrons. The monoisotopic (exact) mass is 819 g/mol. The predicted molar refractivity (Wildman–Crippen MR) is 209 cm³/mol. The van der Waals surface area contributed by atoms with Crippen molar-refractivity contribution in [1.82, 2.24) is 24.5 Å². The van der Waals surface area contributed by atoms with E-state index in [0.29, 0.717) is 71.4 Å². The molecule has 0 saturated carbocycles. The molecule has 0 spiro atoms. The fourth-order valence-corrected chi connectivity index (χ4v) is 8.59. The number of nitrogens with two attached hydrogens (primary N) is 1. The SMILES string of the molecule is CN(C)CCOC(=O)C1CCCN(C2CCN(C(=O)[C@@H](Cc3cc(Cl)c(N)c(C(F)(F)F)c3)OC(=O)N3CCC(N4CCc5ccccc5NC4=O)CC3)CC2)C1. The number of esters is 1. The van der Waals surface area contributed by atoms with E-state index in [9.17, 15) is 32.3 Å². The van der Waals surface area contributed by atoms with Crippen molar-refractivity contribution in [3.63, 3.8) is 0 Å². The lowest BCUT2D eigenvalue weighted by Crippen LogP contribution is -2.53. The van der Waals surface area contributed by atoms with Crippen LogP contribution >= 0.6 is 11.6 Å². The fraction of sp³-hybridized carbons (Fsp3) is 0.600. The Labute approximate surface area is 336 Å². The highest BCUT2D eigenvalue weighted by molar-refractivity contribution is 6.33. The maximum Gasteiger partial charge on any atom is 0.418 e. The van der Waals surface area contributed by atoms with E-state index in [1.807, 2.05) is 43.3 Å². The number of carbonyl (C=O) groups excluding carboxylic acids is 4. The van der Waals surface area contributed by atoms with Crippen LogP contribution in [0.5, 0.6) is 0 Å². The largest absolute Gasteiger partial charge is 0.464 e. The number of nitrogens with one attached hydrogen (secondary N) is 1. The zero-order valence-corrected chi connectivity index (χ0v) is 33.3. The number of hydrogen-bond donors (Lipinski definition) is 2. The van der Waals surface area contributed by atoms with Crippen LogP contribution in [-0.4, -0.2) is 140 Å². The van der Waals surface area contributed by atoms with Gasteiger partial charge in [0, 0.05) is 70.0 Å². The molecule has 2 aromatic rings. The number of nitrogen functional groups attached to an aromatic ring is 1. The number of fused-ring (bicyclic) bond motifs is 1. The van der Waals surface area contributed by atoms with Gasteiger partial charge in [0.25, 0.3) is 5.91 Å². The Morgan fingerprint density at radius 2 is 1.65 bits per heavy atom. The van der Waals surface area contributed by atoms with E-state index in [0.717, 1.165) is 36.7 Å². The molecule has 0 aliphatic carbocycles. The number of nitrogens with zero attached hydrogens (tertiary/aromatic N) is 5. The second-order valence-electron chi connectivity index (χ2n) is 15.7. The van der Waals surface area contributed by atoms with Gasteiger partial charge in [-0.25, -0.2) is 9.59 Å². The summed E-state index contributed by atoms with van der Waals surface area (Å²) in [6.07, 6.45) is -2.84. The molecular weight excluding hydrogens is 767 g/mol. The maximum atomic E-state index is 14.2. The average Bonchev–Trinajstić information content (AvgIpc) is 3.36. The number of likely N-dealkylation sites (tertiary alicyclic amines) is 3. The Hall–Kier alpha value is -4.28. The van der Waals surface area contributed by atoms with E-state index in [4.69, 9.17) is 26.8 Å². The van der Waals surface area contributed by atoms with Crippen molar-refractivity contribution >= 4 is 47.0 Å². The molecule has 2 atom stereocenters. The lowest BCUT2D eigenvalue weighted by Gasteiger charge is -2.42. The second kappa shape index (κ2) is 18.5. The van der Waals surface area contributed by atoms with Crippen LogP contribution in [0.2, 0.25) is 5.02 Å². The van der Waals surface area contributed by atoms with Gasteiger partial charge in [-0.3, -0.25) is 14.5 Å². The number of anilines is 2. The summed E-state index contributed by atoms with van der Waals surface area (Å²) in [6, 6.07) is 9.57. The summed E-state index contributed by atoms with van der Waals surface area (Å²) in [4.78, 5) is 62.9. The minimum atomic E-state index is -4.80. The van der Waals surface area contributed by atoms with Crippen LogP contribution in [0.4, 0.5) is 34.1 Å². The molecule has 0 radical (unpaired) electrons. The van der Waals surface area contributed by atoms with Crippen molar-refractivity contribution in [3.8, 4) is 0 Å². The highest BCUT2D eigenvalue weighted by Crippen LogP contribution is 2.38. The van der Waals surface area contributed by atoms with Gasteiger partial charge in [-0.1, -0.05) is 29.8 Å². The summed E-state index contributed by atoms with van der Waals surface area (Å²) in [7, 11) is 3.83. The Morgan fingerprint density at radius 3 is 2.35 bits per heavy atom. The number of rotatable bonds is 10. The Bertz CT molecular complexity index is 1770. The molecule has 1 unspecified atom stereocenters. The highest BCUT2D eigenvalue weighted by Gasteiger charge is 2.39. The number of para-hydroxylation sites is 1. The van der Waals surface area contributed by atoms with Crippen molar-refractivity contribution in [2.24, 2.45) is 5.92 Å². The number of halogens is 4. The van der Waals surface area contributed by atoms with Crippen molar-refractivity contribution in [3.05, 3.63) is 58.1 Å². The van der Waals surface area contributed by atoms with Crippen LogP contribution in [0.15, 0.2) is 36.4 Å². The van der Waals surface area contributed by atoms with E-state index in [1.165, 1.54) is 11.0 Å². The first-order valence-electron chi connectivity index (χ1n) is 19.8. The lowest BCUT2D eigenvalue weighted by molar-refractivity contribution is -0.151. The Morgan fingerprint density at radius 1 is 0.965 bits per heavy atom. The van der Waals surface area contributed by atoms with Gasteiger partial charge in [-0.2, -0.15) is 13.2 Å². The first-order chi connectivity index (χ1) is 27.2. The number of ether oxygens (including phenoxy) is 2. The summed E-state index contributed by atoms with van der Waals surface area (Å²) in [5.41, 5.74) is 5.80. The molecule has 13 nitrogen and oxygen atoms in total. The molecule has 2 aromatic carbocycles. The molecule has 6 rings (SSSR count). The molecule has 17 heteroatoms. The zero-order valence-electron chi connectivity index (χ0n) is 32.6. The van der Waals surface area contributed by atoms with Gasteiger partial charge in [-0.05, 0) is 94.9 Å². The molecule has 3 saturated heterocycles. The third kappa shape index (κ3) is 10.6. The molecule has 4 heterocycles. The van der Waals surface area contributed by atoms with Gasteiger partial charge in [0.05, 0.1) is 22.2 Å². The highest BCUT2D eigenvalue weighted by atomic mass is 35.5. The summed E-state index contributed by atoms with van der Waals surface area (Å²) >= 11 is 6.14. The minimum absolute atomic E-state index is 0.0475. The number of piperidine rings is 3. The number of alkyl halides is 3. The standard InChI is InChI=1S/C40H53ClF3N7O6/c1-47(2)20-21-56-37(53)28-7-5-14-50(25-28)29-10-15-48(16-11-29)36(52)34(24-26-22-31(40(42,43)44)35(45)32(41)23-26)57-39(55)49-17-12-30(13-18-49)51-19-9-27-6-3-4-8-33(27)46-38(51)54/h3-4,6,8,22-23,28-30,34H,5,7,9-21,24-25,45H2,1-2H3,(H,46,54)/t28?,34-/m1/s1. The fourth-order valence-electron chi connectivity index (χ4n) is 8.35. The van der Waals surface area contributed by atoms with Gasteiger partial charge in [0.1, 0.15) is 6.61 Å². The van der Waals surface area contributed by atoms with E-state index < -0.39 is 35.5 Å². The Kier molecular flexibility index (Phi) is 13.8. The summed E-state index contributed by atoms with van der Waals surface area (Å²) in [5, 5.41) is 2.67. The molecule has 0 bridgehead atoms. The van der Waals surface area contributed by atoms with Gasteiger partial charge in [0.15, 0.2) is 6.10 Å². The molecule has 3 N–H and O–H groups in total. The van der Waals surface area contributed by atoms with Gasteiger partial charge < -0.3 is 40.1 Å². The molecule has 4 aliphatic heterocycles. The zero-order chi connectivity index (χ0) is 40.9. The number of urea groups is 1. The minimum Gasteiger partial charge on any atom is -0.464 e. The van der Waals surface area contributed by atoms with Crippen molar-refractivity contribution < 1.29 is 41.8 Å². The number of likely N-dealkylation sites (N-methyl/N-ethyl adjacent to an activating group) is 1. The van der Waals surface area contributed by atoms with Crippen LogP contribution in [0.3, 0.4) is 0 Å². The molecule has 4 aliphatic rings. The van der Waals surface area contributed by atoms with Crippen LogP contribution in [0.25, 0.3) is 0 Å². The topological polar surface area (TPSA) is 141 Å². The third-order valence-electron chi connectivity index (χ3n) is 11.6. The van der Waals surface area contributed by atoms with Crippen molar-refractivity contribution in [1.29, 1.82) is 0 Å². The number of amides is 4. The Balaban J connectivity index is 1.09. The van der Waals surface area contributed by atoms with Gasteiger partial charge >= 0.3 is 24.3 Å². The summed E-state index contributed by atoms with van der Waals surface area (Å²) < 4.78 is 53.1. The molecule has 0 aromatic heterocycles. The quantitative estimate of drug-likeness (QED) is 0.240. The smallest absolute Gasteiger partial charge is 0.418 e. The third-order valence-corrected chi connectivity index (χ3v) is 11.9. The number of benzene rings is 2. The second-order valence-corrected chi connectivity index (χ2v) is 16.1. The first-order valence-corrected chi connectivity index (χ1v) is 20.2. The lowest BCUT2D eigenvalue weighted by atomic mass is 9.93. The summed E-state index contributed by atoms with van der Waals surface area (Å²) in [6.45, 7) is 4.12. The van der Waals surface area contributed by atoms with Crippen LogP contribution < -0.4 is 11.1 Å². The van der Waals surface area contributed by atoms with E-state index in [-0.39, 0.29) is 60.1 Å². The van der Waals surface area contributed by atoms with Crippen molar-refractivity contribution in [2.45, 2.75) is 75.7 Å². The van der Waals surface area contributed by atoms with Gasteiger partial charge in [-0.15, -0.1) is 0 Å². The van der Waals surface area contributed by atoms with E-state index >= 15 is 0 Å². The molecule has 3 fully saturated rings. The molecular formula is C40H53ClF3N7O6. The normalized spacial score (nSPS) is 20.8. The van der Waals surface area contributed by atoms with Crippen molar-refractivity contribution in [2.75, 3.05) is 84.1 Å². The van der Waals surface area contributed by atoms with E-state index in [2.05, 4.69) is 10.2 Å². The van der Waals surface area contributed by atoms with Gasteiger partial charge in [0.2, 0.25) is 0 Å². The van der Waals surface area contributed by atoms with Crippen LogP contribution in [-0.2, 0) is 38.1 Å². The average molecular weight is 820 g/mol. The first kappa shape index (κ1) is 42.3. The molecule has 57 heavy (non-hydrogen) atoms. The van der Waals surface area contributed by atoms with E-state index in [1.54, 1.807) is 9.80 Å². The molecule has 4 amide bonds. The van der Waals surface area contributed by atoms with Crippen LogP contribution in [0, 0.1) is 5.92 Å². The summed E-state index contributed by atoms with van der Waals surface area (Å²) in [5.74, 6) is -0.931. The predicted octanol–water partition coefficient (Wildman–Crippen LogP) is 5.35. The maximum absolute atomic E-state index is 14.2.